The standard InChI is InChI=1S/C32H45Br2N7O4S/c33-26-18-22(19-27(34)30(26)35)20-29(31(42)39-14-8-24(9-15-39)38-12-4-1-5-13-38)36-32(43)40-16-10-25(11-17-40)41-21-23-6-2-3-7-28(23)37-46(41,44)45/h2-3,6-7,18-19,24-25,29,37,44-45H,1,4-5,8-17,20-21,35H2,(H,36,43)/t29-/m0/s1. The first kappa shape index (κ1) is 33.8. The number of likely N-dealkylation sites (tertiary alicyclic amines) is 3. The van der Waals surface area contributed by atoms with Crippen LogP contribution in [-0.2, 0) is 17.8 Å². The number of urea groups is 1. The molecule has 252 valence electrons. The Kier molecular flexibility index (Phi) is 10.7. The summed E-state index contributed by atoms with van der Waals surface area (Å²) in [5.74, 6) is -0.0589. The number of benzene rings is 2. The molecule has 6 N–H and O–H groups in total. The summed E-state index contributed by atoms with van der Waals surface area (Å²) in [6, 6.07) is 10.9. The van der Waals surface area contributed by atoms with Crippen LogP contribution in [0.25, 0.3) is 0 Å². The molecule has 0 spiro atoms. The molecule has 0 unspecified atom stereocenters. The Morgan fingerprint density at radius 1 is 0.913 bits per heavy atom. The van der Waals surface area contributed by atoms with Crippen molar-refractivity contribution in [2.75, 3.05) is 49.7 Å². The molecule has 46 heavy (non-hydrogen) atoms. The van der Waals surface area contributed by atoms with Gasteiger partial charge in [-0.2, -0.15) is 4.31 Å². The number of carbonyl (C=O) groups excluding carboxylic acids is 2. The lowest BCUT2D eigenvalue weighted by molar-refractivity contribution is -0.134. The first-order valence-electron chi connectivity index (χ1n) is 16.3. The van der Waals surface area contributed by atoms with E-state index in [0.29, 0.717) is 63.7 Å². The van der Waals surface area contributed by atoms with Crippen LogP contribution in [0.2, 0.25) is 0 Å². The quantitative estimate of drug-likeness (QED) is 0.230. The highest BCUT2D eigenvalue weighted by Crippen LogP contribution is 2.51. The molecule has 4 heterocycles. The summed E-state index contributed by atoms with van der Waals surface area (Å²) in [5, 5.41) is 3.09. The van der Waals surface area contributed by atoms with E-state index in [1.165, 1.54) is 19.3 Å². The van der Waals surface area contributed by atoms with Gasteiger partial charge in [0.15, 0.2) is 0 Å². The SMILES string of the molecule is Nc1c(Br)cc(C[C@H](NC(=O)N2CCC(N3Cc4ccccc4NS3(O)O)CC2)C(=O)N2CCC(N3CCCCC3)CC2)cc1Br. The fourth-order valence-electron chi connectivity index (χ4n) is 7.30. The Hall–Kier alpha value is -2.07. The highest BCUT2D eigenvalue weighted by Gasteiger charge is 2.38. The van der Waals surface area contributed by atoms with Gasteiger partial charge in [0.05, 0.1) is 11.4 Å². The maximum absolute atomic E-state index is 14.0. The van der Waals surface area contributed by atoms with E-state index < -0.39 is 17.0 Å². The van der Waals surface area contributed by atoms with Crippen molar-refractivity contribution in [1.82, 2.24) is 24.3 Å². The number of hydrogen-bond acceptors (Lipinski definition) is 8. The number of nitrogen functional groups attached to an aromatic ring is 1. The van der Waals surface area contributed by atoms with Gasteiger partial charge in [-0.1, -0.05) is 35.6 Å². The second-order valence-electron chi connectivity index (χ2n) is 12.9. The number of nitrogens with two attached hydrogens (primary N) is 1. The maximum atomic E-state index is 14.0. The van der Waals surface area contributed by atoms with Gasteiger partial charge < -0.3 is 25.8 Å². The fourth-order valence-corrected chi connectivity index (χ4v) is 10.1. The van der Waals surface area contributed by atoms with Gasteiger partial charge in [0.1, 0.15) is 6.04 Å². The molecular formula is C32H45Br2N7O4S. The van der Waals surface area contributed by atoms with Gasteiger partial charge in [-0.05, 0) is 113 Å². The number of carbonyl (C=O) groups is 2. The largest absolute Gasteiger partial charge is 0.397 e. The summed E-state index contributed by atoms with van der Waals surface area (Å²) in [6.07, 6.45) is 7.23. The Morgan fingerprint density at radius 3 is 2.20 bits per heavy atom. The average molecular weight is 784 g/mol. The van der Waals surface area contributed by atoms with Crippen LogP contribution in [0.4, 0.5) is 16.2 Å². The molecule has 4 aliphatic rings. The summed E-state index contributed by atoms with van der Waals surface area (Å²) in [6.45, 7) is 5.00. The third kappa shape index (κ3) is 7.63. The lowest BCUT2D eigenvalue weighted by Crippen LogP contribution is -2.57. The molecule has 3 saturated heterocycles. The van der Waals surface area contributed by atoms with Crippen LogP contribution in [0.1, 0.15) is 56.1 Å². The Morgan fingerprint density at radius 2 is 1.52 bits per heavy atom. The van der Waals surface area contributed by atoms with Gasteiger partial charge in [0.2, 0.25) is 5.91 Å². The minimum atomic E-state index is -3.18. The minimum absolute atomic E-state index is 0.0589. The first-order valence-corrected chi connectivity index (χ1v) is 19.4. The zero-order chi connectivity index (χ0) is 32.4. The molecule has 1 atom stereocenters. The van der Waals surface area contributed by atoms with Crippen LogP contribution < -0.4 is 15.8 Å². The van der Waals surface area contributed by atoms with Crippen molar-refractivity contribution in [3.8, 4) is 0 Å². The topological polar surface area (TPSA) is 138 Å². The van der Waals surface area contributed by atoms with Crippen LogP contribution >= 0.6 is 42.8 Å². The molecule has 0 saturated carbocycles. The van der Waals surface area contributed by atoms with Gasteiger partial charge in [-0.25, -0.2) is 4.79 Å². The van der Waals surface area contributed by atoms with Crippen molar-refractivity contribution in [3.05, 3.63) is 56.5 Å². The van der Waals surface area contributed by atoms with E-state index in [0.717, 1.165) is 51.7 Å². The number of fused-ring (bicyclic) bond motifs is 1. The molecule has 3 amide bonds. The van der Waals surface area contributed by atoms with E-state index in [2.05, 4.69) is 46.8 Å². The molecule has 14 heteroatoms. The second kappa shape index (κ2) is 14.6. The normalized spacial score (nSPS) is 22.9. The van der Waals surface area contributed by atoms with Gasteiger partial charge in [-0.3, -0.25) is 18.6 Å². The number of rotatable bonds is 6. The molecule has 0 aliphatic carbocycles. The minimum Gasteiger partial charge on any atom is -0.397 e. The summed E-state index contributed by atoms with van der Waals surface area (Å²) in [7, 11) is -3.18. The van der Waals surface area contributed by atoms with E-state index in [1.54, 1.807) is 9.21 Å². The van der Waals surface area contributed by atoms with Gasteiger partial charge >= 0.3 is 6.03 Å². The highest BCUT2D eigenvalue weighted by atomic mass is 79.9. The number of halogens is 2. The number of nitrogens with zero attached hydrogens (tertiary/aromatic N) is 4. The van der Waals surface area contributed by atoms with E-state index in [4.69, 9.17) is 5.73 Å². The van der Waals surface area contributed by atoms with Crippen LogP contribution in [0.15, 0.2) is 45.3 Å². The lowest BCUT2D eigenvalue weighted by Gasteiger charge is -2.51. The second-order valence-corrected chi connectivity index (χ2v) is 16.3. The summed E-state index contributed by atoms with van der Waals surface area (Å²) < 4.78 is 27.9. The Balaban J connectivity index is 1.10. The molecule has 0 bridgehead atoms. The van der Waals surface area contributed by atoms with E-state index in [9.17, 15) is 18.7 Å². The number of hydrogen-bond donors (Lipinski definition) is 5. The Bertz CT molecular complexity index is 1390. The van der Waals surface area contributed by atoms with Crippen molar-refractivity contribution < 1.29 is 18.7 Å². The fraction of sp³-hybridized carbons (Fsp3) is 0.562. The summed E-state index contributed by atoms with van der Waals surface area (Å²) >= 11 is 7.04. The molecule has 2 aromatic rings. The molecule has 3 fully saturated rings. The number of piperidine rings is 3. The number of nitrogens with one attached hydrogen (secondary N) is 2. The molecule has 2 aromatic carbocycles. The van der Waals surface area contributed by atoms with Crippen molar-refractivity contribution in [3.63, 3.8) is 0 Å². The molecular weight excluding hydrogens is 738 g/mol. The molecule has 0 radical (unpaired) electrons. The van der Waals surface area contributed by atoms with Crippen molar-refractivity contribution in [2.45, 2.75) is 76.0 Å². The monoisotopic (exact) mass is 781 g/mol. The van der Waals surface area contributed by atoms with Gasteiger partial charge in [0.25, 0.3) is 0 Å². The smallest absolute Gasteiger partial charge is 0.318 e. The van der Waals surface area contributed by atoms with Crippen LogP contribution in [-0.4, -0.2) is 97.4 Å². The third-order valence-corrected chi connectivity index (χ3v) is 12.8. The number of para-hydroxylation sites is 1. The number of amides is 3. The van der Waals surface area contributed by atoms with E-state index >= 15 is 0 Å². The Labute approximate surface area is 290 Å². The van der Waals surface area contributed by atoms with Crippen LogP contribution in [0.5, 0.6) is 0 Å². The van der Waals surface area contributed by atoms with Gasteiger partial charge in [0, 0.05) is 60.2 Å². The molecule has 6 rings (SSSR count). The zero-order valence-corrected chi connectivity index (χ0v) is 30.0. The van der Waals surface area contributed by atoms with Gasteiger partial charge in [-0.15, -0.1) is 0 Å². The molecule has 0 aromatic heterocycles. The maximum Gasteiger partial charge on any atom is 0.318 e. The zero-order valence-electron chi connectivity index (χ0n) is 26.0. The van der Waals surface area contributed by atoms with E-state index in [1.807, 2.05) is 41.3 Å². The first-order chi connectivity index (χ1) is 22.1. The van der Waals surface area contributed by atoms with Crippen LogP contribution in [0.3, 0.4) is 0 Å². The predicted molar refractivity (Wildman–Crippen MR) is 190 cm³/mol. The lowest BCUT2D eigenvalue weighted by atomic mass is 9.98. The summed E-state index contributed by atoms with van der Waals surface area (Å²) in [5.41, 5.74) is 9.35. The van der Waals surface area contributed by atoms with Crippen molar-refractivity contribution >= 4 is 66.1 Å². The predicted octanol–water partition coefficient (Wildman–Crippen LogP) is 5.86. The third-order valence-electron chi connectivity index (χ3n) is 9.93. The van der Waals surface area contributed by atoms with Crippen molar-refractivity contribution in [2.24, 2.45) is 0 Å². The number of anilines is 2. The summed E-state index contributed by atoms with van der Waals surface area (Å²) in [4.78, 5) is 34.0. The average Bonchev–Trinajstić information content (AvgIpc) is 3.06. The molecule has 4 aliphatic heterocycles. The highest BCUT2D eigenvalue weighted by molar-refractivity contribution is 9.11. The molecule has 11 nitrogen and oxygen atoms in total. The van der Waals surface area contributed by atoms with Crippen LogP contribution in [0, 0.1) is 0 Å². The van der Waals surface area contributed by atoms with Crippen molar-refractivity contribution in [1.29, 1.82) is 0 Å². The van der Waals surface area contributed by atoms with E-state index in [-0.39, 0.29) is 18.0 Å².